The highest BCUT2D eigenvalue weighted by atomic mass is 79.9. The summed E-state index contributed by atoms with van der Waals surface area (Å²) in [5, 5.41) is 9.96. The van der Waals surface area contributed by atoms with E-state index in [1.54, 1.807) is 13.0 Å². The quantitative estimate of drug-likeness (QED) is 0.682. The summed E-state index contributed by atoms with van der Waals surface area (Å²) in [6, 6.07) is 4.41. The lowest BCUT2D eigenvalue weighted by Crippen LogP contribution is -2.40. The molecule has 0 spiro atoms. The van der Waals surface area contributed by atoms with Gasteiger partial charge in [0.15, 0.2) is 0 Å². The molecule has 1 rings (SSSR count). The van der Waals surface area contributed by atoms with Crippen molar-refractivity contribution in [2.75, 3.05) is 12.3 Å². The Morgan fingerprint density at radius 3 is 2.63 bits per heavy atom. The highest BCUT2D eigenvalue weighted by molar-refractivity contribution is 9.10. The van der Waals surface area contributed by atoms with E-state index in [0.717, 1.165) is 6.42 Å². The summed E-state index contributed by atoms with van der Waals surface area (Å²) < 4.78 is 27.1. The minimum atomic E-state index is -3.66. The van der Waals surface area contributed by atoms with Crippen molar-refractivity contribution < 1.29 is 13.5 Å². The van der Waals surface area contributed by atoms with Crippen LogP contribution in [-0.4, -0.2) is 25.7 Å². The molecule has 0 radical (unpaired) electrons. The number of anilines is 1. The molecule has 1 aromatic rings. The first-order valence-corrected chi connectivity index (χ1v) is 8.22. The summed E-state index contributed by atoms with van der Waals surface area (Å²) in [6.07, 6.45) is 1.30. The third-order valence-corrected chi connectivity index (χ3v) is 4.83. The predicted molar refractivity (Wildman–Crippen MR) is 79.3 cm³/mol. The molecule has 1 unspecified atom stereocenters. The molecule has 0 aromatic heterocycles. The number of nitrogen functional groups attached to an aromatic ring is 1. The second-order valence-corrected chi connectivity index (χ2v) is 7.38. The molecule has 7 heteroatoms. The minimum absolute atomic E-state index is 0.0286. The van der Waals surface area contributed by atoms with Crippen molar-refractivity contribution in [2.45, 2.75) is 37.2 Å². The van der Waals surface area contributed by atoms with Crippen LogP contribution in [0, 0.1) is 0 Å². The lowest BCUT2D eigenvalue weighted by atomic mass is 10.0. The fourth-order valence-corrected chi connectivity index (χ4v) is 3.09. The Bertz CT molecular complexity index is 544. The SMILES string of the molecule is CCCC(C)(O)CNS(=O)(=O)c1ccc(Br)c(N)c1. The summed E-state index contributed by atoms with van der Waals surface area (Å²) in [6.45, 7) is 3.51. The van der Waals surface area contributed by atoms with Crippen molar-refractivity contribution in [3.05, 3.63) is 22.7 Å². The van der Waals surface area contributed by atoms with Gasteiger partial charge in [0.1, 0.15) is 0 Å². The summed E-state index contributed by atoms with van der Waals surface area (Å²) in [5.41, 5.74) is 4.96. The number of nitrogens with one attached hydrogen (secondary N) is 1. The molecule has 1 atom stereocenters. The van der Waals surface area contributed by atoms with Crippen LogP contribution in [-0.2, 0) is 10.0 Å². The highest BCUT2D eigenvalue weighted by Gasteiger charge is 2.23. The lowest BCUT2D eigenvalue weighted by Gasteiger charge is -2.22. The largest absolute Gasteiger partial charge is 0.398 e. The van der Waals surface area contributed by atoms with E-state index in [9.17, 15) is 13.5 Å². The monoisotopic (exact) mass is 350 g/mol. The Morgan fingerprint density at radius 2 is 2.11 bits per heavy atom. The lowest BCUT2D eigenvalue weighted by molar-refractivity contribution is 0.0554. The molecule has 0 saturated heterocycles. The van der Waals surface area contributed by atoms with Gasteiger partial charge < -0.3 is 10.8 Å². The van der Waals surface area contributed by atoms with Gasteiger partial charge in [-0.1, -0.05) is 13.3 Å². The van der Waals surface area contributed by atoms with Gasteiger partial charge in [0, 0.05) is 16.7 Å². The van der Waals surface area contributed by atoms with Crippen molar-refractivity contribution in [1.29, 1.82) is 0 Å². The molecule has 1 aromatic carbocycles. The first-order chi connectivity index (χ1) is 8.68. The van der Waals surface area contributed by atoms with E-state index < -0.39 is 15.6 Å². The summed E-state index contributed by atoms with van der Waals surface area (Å²) >= 11 is 3.21. The van der Waals surface area contributed by atoms with Crippen LogP contribution >= 0.6 is 15.9 Å². The number of aliphatic hydroxyl groups is 1. The number of halogens is 1. The molecular formula is C12H19BrN2O3S. The van der Waals surface area contributed by atoms with Crippen LogP contribution in [0.25, 0.3) is 0 Å². The zero-order valence-electron chi connectivity index (χ0n) is 11.0. The Kier molecular flexibility index (Phi) is 5.37. The zero-order valence-corrected chi connectivity index (χ0v) is 13.4. The molecule has 108 valence electrons. The summed E-state index contributed by atoms with van der Waals surface area (Å²) in [4.78, 5) is 0.0838. The van der Waals surface area contributed by atoms with Gasteiger partial charge in [-0.2, -0.15) is 0 Å². The molecule has 0 aliphatic heterocycles. The molecular weight excluding hydrogens is 332 g/mol. The van der Waals surface area contributed by atoms with Gasteiger partial charge in [-0.05, 0) is 47.5 Å². The van der Waals surface area contributed by atoms with Crippen molar-refractivity contribution in [1.82, 2.24) is 4.72 Å². The van der Waals surface area contributed by atoms with E-state index >= 15 is 0 Å². The number of benzene rings is 1. The molecule has 0 heterocycles. The van der Waals surface area contributed by atoms with Crippen molar-refractivity contribution in [3.8, 4) is 0 Å². The van der Waals surface area contributed by atoms with Crippen LogP contribution < -0.4 is 10.5 Å². The third-order valence-electron chi connectivity index (χ3n) is 2.71. The average Bonchev–Trinajstić information content (AvgIpc) is 2.30. The molecule has 0 saturated carbocycles. The number of nitrogens with two attached hydrogens (primary N) is 1. The normalized spacial score (nSPS) is 15.2. The van der Waals surface area contributed by atoms with E-state index in [1.165, 1.54) is 12.1 Å². The fraction of sp³-hybridized carbons (Fsp3) is 0.500. The zero-order chi connectivity index (χ0) is 14.7. The van der Waals surface area contributed by atoms with Crippen molar-refractivity contribution >= 4 is 31.6 Å². The Hall–Kier alpha value is -0.630. The molecule has 19 heavy (non-hydrogen) atoms. The summed E-state index contributed by atoms with van der Waals surface area (Å²) in [5.74, 6) is 0. The van der Waals surface area contributed by atoms with Gasteiger partial charge in [-0.25, -0.2) is 13.1 Å². The standard InChI is InChI=1S/C12H19BrN2O3S/c1-3-6-12(2,16)8-15-19(17,18)9-4-5-10(13)11(14)7-9/h4-5,7,15-16H,3,6,8,14H2,1-2H3. The van der Waals surface area contributed by atoms with Crippen LogP contribution in [0.5, 0.6) is 0 Å². The molecule has 0 fully saturated rings. The fourth-order valence-electron chi connectivity index (χ4n) is 1.65. The van der Waals surface area contributed by atoms with E-state index in [0.29, 0.717) is 16.6 Å². The maximum absolute atomic E-state index is 12.1. The van der Waals surface area contributed by atoms with Gasteiger partial charge in [-0.3, -0.25) is 0 Å². The second-order valence-electron chi connectivity index (χ2n) is 4.75. The smallest absolute Gasteiger partial charge is 0.240 e. The van der Waals surface area contributed by atoms with E-state index in [1.807, 2.05) is 6.92 Å². The maximum Gasteiger partial charge on any atom is 0.240 e. The number of hydrogen-bond acceptors (Lipinski definition) is 4. The van der Waals surface area contributed by atoms with Gasteiger partial charge >= 0.3 is 0 Å². The van der Waals surface area contributed by atoms with Crippen LogP contribution in [0.1, 0.15) is 26.7 Å². The van der Waals surface area contributed by atoms with Crippen LogP contribution in [0.3, 0.4) is 0 Å². The van der Waals surface area contributed by atoms with Gasteiger partial charge in [-0.15, -0.1) is 0 Å². The van der Waals surface area contributed by atoms with Crippen molar-refractivity contribution in [3.63, 3.8) is 0 Å². The van der Waals surface area contributed by atoms with Crippen LogP contribution in [0.2, 0.25) is 0 Å². The predicted octanol–water partition coefficient (Wildman–Crippen LogP) is 1.86. The topological polar surface area (TPSA) is 92.4 Å². The Labute approximate surface area is 122 Å². The molecule has 4 N–H and O–H groups in total. The molecule has 0 aliphatic carbocycles. The number of rotatable bonds is 6. The van der Waals surface area contributed by atoms with Gasteiger partial charge in [0.05, 0.1) is 10.5 Å². The Morgan fingerprint density at radius 1 is 1.47 bits per heavy atom. The highest BCUT2D eigenvalue weighted by Crippen LogP contribution is 2.23. The van der Waals surface area contributed by atoms with Crippen LogP contribution in [0.4, 0.5) is 5.69 Å². The first kappa shape index (κ1) is 16.4. The Balaban J connectivity index is 2.84. The summed E-state index contributed by atoms with van der Waals surface area (Å²) in [7, 11) is -3.66. The van der Waals surface area contributed by atoms with Gasteiger partial charge in [0.25, 0.3) is 0 Å². The minimum Gasteiger partial charge on any atom is -0.398 e. The van der Waals surface area contributed by atoms with E-state index in [4.69, 9.17) is 5.73 Å². The second kappa shape index (κ2) is 6.21. The number of hydrogen-bond donors (Lipinski definition) is 3. The van der Waals surface area contributed by atoms with E-state index in [2.05, 4.69) is 20.7 Å². The average molecular weight is 351 g/mol. The number of sulfonamides is 1. The molecule has 0 amide bonds. The van der Waals surface area contributed by atoms with Crippen LogP contribution in [0.15, 0.2) is 27.6 Å². The third kappa shape index (κ3) is 4.76. The molecule has 5 nitrogen and oxygen atoms in total. The maximum atomic E-state index is 12.1. The molecule has 0 bridgehead atoms. The molecule has 0 aliphatic rings. The van der Waals surface area contributed by atoms with Gasteiger partial charge in [0.2, 0.25) is 10.0 Å². The first-order valence-electron chi connectivity index (χ1n) is 5.95. The van der Waals surface area contributed by atoms with E-state index in [-0.39, 0.29) is 11.4 Å². The van der Waals surface area contributed by atoms with Crippen molar-refractivity contribution in [2.24, 2.45) is 0 Å².